The van der Waals surface area contributed by atoms with E-state index < -0.39 is 0 Å². The molecular weight excluding hydrogens is 264 g/mol. The zero-order chi connectivity index (χ0) is 15.4. The molecule has 0 heteroatoms. The molecule has 0 unspecified atom stereocenters. The number of allylic oxidation sites excluding steroid dienone is 1. The third kappa shape index (κ3) is 2.73. The third-order valence-electron chi connectivity index (χ3n) is 4.08. The van der Waals surface area contributed by atoms with E-state index in [-0.39, 0.29) is 0 Å². The van der Waals surface area contributed by atoms with Gasteiger partial charge in [-0.15, -0.1) is 0 Å². The fourth-order valence-electron chi connectivity index (χ4n) is 3.06. The Morgan fingerprint density at radius 1 is 0.864 bits per heavy atom. The van der Waals surface area contributed by atoms with Crippen LogP contribution in [-0.4, -0.2) is 0 Å². The molecule has 3 rings (SSSR count). The van der Waals surface area contributed by atoms with Gasteiger partial charge in [-0.1, -0.05) is 85.5 Å². The molecule has 3 aromatic rings. The van der Waals surface area contributed by atoms with Gasteiger partial charge in [-0.05, 0) is 45.7 Å². The normalized spacial score (nSPS) is 12.8. The summed E-state index contributed by atoms with van der Waals surface area (Å²) >= 11 is 0. The lowest BCUT2D eigenvalue weighted by atomic mass is 9.96. The summed E-state index contributed by atoms with van der Waals surface area (Å²) in [5, 5.41) is 5.17. The maximum absolute atomic E-state index is 3.82. The second-order valence-corrected chi connectivity index (χ2v) is 5.43. The molecule has 0 saturated heterocycles. The Bertz CT molecular complexity index is 924. The van der Waals surface area contributed by atoms with Crippen LogP contribution in [0.4, 0.5) is 0 Å². The van der Waals surface area contributed by atoms with E-state index in [1.165, 1.54) is 32.3 Å². The molecule has 0 heterocycles. The molecule has 0 amide bonds. The summed E-state index contributed by atoms with van der Waals surface area (Å²) in [4.78, 5) is 0. The van der Waals surface area contributed by atoms with Crippen molar-refractivity contribution in [2.45, 2.75) is 13.3 Å². The SMILES string of the molecule is C=CC=c1cccc(Cc2cccc3ccccc23)c1=CC. The Labute approximate surface area is 131 Å². The van der Waals surface area contributed by atoms with Gasteiger partial charge in [0.1, 0.15) is 0 Å². The highest BCUT2D eigenvalue weighted by Gasteiger charge is 2.03. The Morgan fingerprint density at radius 3 is 2.41 bits per heavy atom. The summed E-state index contributed by atoms with van der Waals surface area (Å²) in [5.74, 6) is 0. The van der Waals surface area contributed by atoms with Gasteiger partial charge in [0, 0.05) is 0 Å². The van der Waals surface area contributed by atoms with Crippen LogP contribution < -0.4 is 10.4 Å². The number of rotatable bonds is 3. The molecule has 0 N–H and O–H groups in total. The van der Waals surface area contributed by atoms with E-state index in [1.807, 2.05) is 6.08 Å². The van der Waals surface area contributed by atoms with Gasteiger partial charge >= 0.3 is 0 Å². The van der Waals surface area contributed by atoms with E-state index in [0.717, 1.165) is 6.42 Å². The highest BCUT2D eigenvalue weighted by atomic mass is 14.1. The molecule has 0 aliphatic heterocycles. The lowest BCUT2D eigenvalue weighted by Gasteiger charge is -2.08. The molecular formula is C22H20. The van der Waals surface area contributed by atoms with Gasteiger partial charge in [-0.3, -0.25) is 0 Å². The number of hydrogen-bond donors (Lipinski definition) is 0. The van der Waals surface area contributed by atoms with Gasteiger partial charge in [-0.25, -0.2) is 0 Å². The van der Waals surface area contributed by atoms with Crippen LogP contribution in [0.2, 0.25) is 0 Å². The number of fused-ring (bicyclic) bond motifs is 1. The zero-order valence-electron chi connectivity index (χ0n) is 12.9. The van der Waals surface area contributed by atoms with E-state index in [0.29, 0.717) is 0 Å². The van der Waals surface area contributed by atoms with Crippen molar-refractivity contribution >= 4 is 22.9 Å². The largest absolute Gasteiger partial charge is 0.0990 e. The van der Waals surface area contributed by atoms with Crippen molar-refractivity contribution in [1.82, 2.24) is 0 Å². The first kappa shape index (κ1) is 14.3. The van der Waals surface area contributed by atoms with Crippen molar-refractivity contribution in [1.29, 1.82) is 0 Å². The minimum absolute atomic E-state index is 0.944. The Morgan fingerprint density at radius 2 is 1.59 bits per heavy atom. The minimum atomic E-state index is 0.944. The van der Waals surface area contributed by atoms with Crippen molar-refractivity contribution < 1.29 is 0 Å². The summed E-state index contributed by atoms with van der Waals surface area (Å²) in [6, 6.07) is 21.6. The summed E-state index contributed by atoms with van der Waals surface area (Å²) in [7, 11) is 0. The van der Waals surface area contributed by atoms with Crippen molar-refractivity contribution in [3.63, 3.8) is 0 Å². The van der Waals surface area contributed by atoms with E-state index in [2.05, 4.69) is 86.3 Å². The highest BCUT2D eigenvalue weighted by molar-refractivity contribution is 5.85. The van der Waals surface area contributed by atoms with Crippen molar-refractivity contribution in [2.24, 2.45) is 0 Å². The minimum Gasteiger partial charge on any atom is -0.0990 e. The van der Waals surface area contributed by atoms with Crippen LogP contribution in [0.1, 0.15) is 18.1 Å². The Kier molecular flexibility index (Phi) is 4.20. The smallest absolute Gasteiger partial charge is 0.00136 e. The van der Waals surface area contributed by atoms with Crippen LogP contribution >= 0.6 is 0 Å². The van der Waals surface area contributed by atoms with Crippen LogP contribution in [-0.2, 0) is 6.42 Å². The summed E-state index contributed by atoms with van der Waals surface area (Å²) in [6.45, 7) is 5.92. The quantitative estimate of drug-likeness (QED) is 0.676. The highest BCUT2D eigenvalue weighted by Crippen LogP contribution is 2.20. The van der Waals surface area contributed by atoms with Gasteiger partial charge in [0.05, 0.1) is 0 Å². The lowest BCUT2D eigenvalue weighted by molar-refractivity contribution is 1.18. The molecule has 0 spiro atoms. The zero-order valence-corrected chi connectivity index (χ0v) is 12.9. The molecule has 0 bridgehead atoms. The van der Waals surface area contributed by atoms with E-state index in [1.54, 1.807) is 0 Å². The molecule has 3 aromatic carbocycles. The molecule has 0 aliphatic carbocycles. The Balaban J connectivity index is 2.16. The van der Waals surface area contributed by atoms with Gasteiger partial charge in [0.15, 0.2) is 0 Å². The predicted octanol–water partition coefficient (Wildman–Crippen LogP) is 4.20. The van der Waals surface area contributed by atoms with Crippen LogP contribution in [0.5, 0.6) is 0 Å². The molecule has 0 fully saturated rings. The molecule has 0 saturated carbocycles. The monoisotopic (exact) mass is 284 g/mol. The molecule has 0 radical (unpaired) electrons. The average Bonchev–Trinajstić information content (AvgIpc) is 2.56. The second kappa shape index (κ2) is 6.44. The average molecular weight is 284 g/mol. The standard InChI is InChI=1S/C22H20/c1-3-9-17-11-7-13-19(21(17)4-2)16-20-14-8-12-18-10-5-6-15-22(18)20/h3-15H,1,16H2,2H3. The topological polar surface area (TPSA) is 0 Å². The van der Waals surface area contributed by atoms with Gasteiger partial charge in [0.2, 0.25) is 0 Å². The van der Waals surface area contributed by atoms with Crippen LogP contribution in [0.25, 0.3) is 22.9 Å². The van der Waals surface area contributed by atoms with Crippen molar-refractivity contribution in [2.75, 3.05) is 0 Å². The maximum atomic E-state index is 3.82. The molecule has 0 aromatic heterocycles. The van der Waals surface area contributed by atoms with Crippen molar-refractivity contribution in [3.05, 3.63) is 94.9 Å². The predicted molar refractivity (Wildman–Crippen MR) is 97.2 cm³/mol. The molecule has 108 valence electrons. The fraction of sp³-hybridized carbons (Fsp3) is 0.0909. The first-order valence-electron chi connectivity index (χ1n) is 7.67. The lowest BCUT2D eigenvalue weighted by Crippen LogP contribution is -2.28. The van der Waals surface area contributed by atoms with Gasteiger partial charge in [0.25, 0.3) is 0 Å². The van der Waals surface area contributed by atoms with E-state index in [9.17, 15) is 0 Å². The first-order chi connectivity index (χ1) is 10.8. The van der Waals surface area contributed by atoms with Gasteiger partial charge in [-0.2, -0.15) is 0 Å². The van der Waals surface area contributed by atoms with Crippen molar-refractivity contribution in [3.8, 4) is 0 Å². The second-order valence-electron chi connectivity index (χ2n) is 5.43. The van der Waals surface area contributed by atoms with Gasteiger partial charge < -0.3 is 0 Å². The number of hydrogen-bond acceptors (Lipinski definition) is 0. The Hall–Kier alpha value is -2.60. The van der Waals surface area contributed by atoms with E-state index >= 15 is 0 Å². The maximum Gasteiger partial charge on any atom is -0.00136 e. The van der Waals surface area contributed by atoms with Crippen LogP contribution in [0, 0.1) is 0 Å². The molecule has 0 atom stereocenters. The molecule has 0 aliphatic rings. The van der Waals surface area contributed by atoms with Crippen LogP contribution in [0.15, 0.2) is 73.3 Å². The van der Waals surface area contributed by atoms with Crippen LogP contribution in [0.3, 0.4) is 0 Å². The summed E-state index contributed by atoms with van der Waals surface area (Å²) in [6.07, 6.45) is 7.06. The summed E-state index contributed by atoms with van der Waals surface area (Å²) in [5.41, 5.74) is 2.73. The molecule has 0 nitrogen and oxygen atoms in total. The summed E-state index contributed by atoms with van der Waals surface area (Å²) < 4.78 is 0. The fourth-order valence-corrected chi connectivity index (χ4v) is 3.06. The van der Waals surface area contributed by atoms with E-state index in [4.69, 9.17) is 0 Å². The number of benzene rings is 3. The first-order valence-corrected chi connectivity index (χ1v) is 7.67. The third-order valence-corrected chi connectivity index (χ3v) is 4.08. The molecule has 22 heavy (non-hydrogen) atoms.